The minimum Gasteiger partial charge on any atom is -0.362 e. The van der Waals surface area contributed by atoms with Gasteiger partial charge < -0.3 is 10.6 Å². The second-order valence-corrected chi connectivity index (χ2v) is 6.00. The van der Waals surface area contributed by atoms with Gasteiger partial charge in [0, 0.05) is 11.0 Å². The molecule has 5 heteroatoms. The largest absolute Gasteiger partial charge is 0.362 e. The fourth-order valence-electron chi connectivity index (χ4n) is 1.91. The molecule has 21 heavy (non-hydrogen) atoms. The van der Waals surface area contributed by atoms with Crippen molar-refractivity contribution < 1.29 is 0 Å². The molecule has 0 atom stereocenters. The number of nitrogens with zero attached hydrogens (tertiary/aromatic N) is 1. The normalized spacial score (nSPS) is 10.2. The summed E-state index contributed by atoms with van der Waals surface area (Å²) in [6, 6.07) is 14.3. The highest BCUT2D eigenvalue weighted by Crippen LogP contribution is 2.15. The van der Waals surface area contributed by atoms with E-state index in [0.717, 1.165) is 35.4 Å². The number of hydrogen-bond acceptors (Lipinski definition) is 2. The van der Waals surface area contributed by atoms with E-state index >= 15 is 0 Å². The van der Waals surface area contributed by atoms with Crippen LogP contribution >= 0.6 is 28.1 Å². The lowest BCUT2D eigenvalue weighted by Crippen LogP contribution is -2.29. The van der Waals surface area contributed by atoms with Gasteiger partial charge in [0.05, 0.1) is 5.69 Å². The van der Waals surface area contributed by atoms with E-state index in [0.29, 0.717) is 5.11 Å². The van der Waals surface area contributed by atoms with Gasteiger partial charge in [-0.25, -0.2) is 4.98 Å². The van der Waals surface area contributed by atoms with E-state index in [4.69, 9.17) is 12.2 Å². The maximum Gasteiger partial charge on any atom is 0.171 e. The SMILES string of the molecule is Cc1nc(NC(=S)NCCCc2ccccc2)ccc1Br. The lowest BCUT2D eigenvalue weighted by atomic mass is 10.1. The summed E-state index contributed by atoms with van der Waals surface area (Å²) in [6.07, 6.45) is 2.09. The van der Waals surface area contributed by atoms with Gasteiger partial charge in [-0.15, -0.1) is 0 Å². The number of hydrogen-bond donors (Lipinski definition) is 2. The lowest BCUT2D eigenvalue weighted by molar-refractivity contribution is 0.777. The zero-order valence-electron chi connectivity index (χ0n) is 11.9. The fourth-order valence-corrected chi connectivity index (χ4v) is 2.34. The van der Waals surface area contributed by atoms with Crippen LogP contribution in [0.25, 0.3) is 0 Å². The topological polar surface area (TPSA) is 37.0 Å². The van der Waals surface area contributed by atoms with Crippen LogP contribution in [0.5, 0.6) is 0 Å². The summed E-state index contributed by atoms with van der Waals surface area (Å²) in [6.45, 7) is 2.79. The number of benzene rings is 1. The van der Waals surface area contributed by atoms with Crippen LogP contribution in [0.3, 0.4) is 0 Å². The molecule has 0 bridgehead atoms. The predicted octanol–water partition coefficient (Wildman–Crippen LogP) is 4.07. The first-order chi connectivity index (χ1) is 10.1. The number of pyridine rings is 1. The van der Waals surface area contributed by atoms with Crippen molar-refractivity contribution in [2.75, 3.05) is 11.9 Å². The summed E-state index contributed by atoms with van der Waals surface area (Å²) in [4.78, 5) is 4.40. The first-order valence-electron chi connectivity index (χ1n) is 6.87. The maximum atomic E-state index is 5.27. The molecular formula is C16H18BrN3S. The van der Waals surface area contributed by atoms with E-state index < -0.39 is 0 Å². The quantitative estimate of drug-likeness (QED) is 0.620. The zero-order chi connectivity index (χ0) is 15.1. The Morgan fingerprint density at radius 3 is 2.67 bits per heavy atom. The molecule has 3 nitrogen and oxygen atoms in total. The van der Waals surface area contributed by atoms with Crippen molar-refractivity contribution in [1.29, 1.82) is 0 Å². The Kier molecular flexibility index (Phi) is 6.14. The smallest absolute Gasteiger partial charge is 0.171 e. The van der Waals surface area contributed by atoms with E-state index in [1.807, 2.05) is 25.1 Å². The molecule has 0 aliphatic carbocycles. The van der Waals surface area contributed by atoms with Crippen LogP contribution in [-0.2, 0) is 6.42 Å². The molecule has 0 unspecified atom stereocenters. The molecule has 1 aromatic carbocycles. The third-order valence-electron chi connectivity index (χ3n) is 3.03. The molecule has 0 saturated heterocycles. The van der Waals surface area contributed by atoms with Crippen molar-refractivity contribution in [3.8, 4) is 0 Å². The molecule has 0 radical (unpaired) electrons. The molecule has 0 aliphatic rings. The molecule has 2 N–H and O–H groups in total. The Morgan fingerprint density at radius 2 is 1.95 bits per heavy atom. The van der Waals surface area contributed by atoms with E-state index in [-0.39, 0.29) is 0 Å². The average molecular weight is 364 g/mol. The monoisotopic (exact) mass is 363 g/mol. The van der Waals surface area contributed by atoms with Crippen LogP contribution in [-0.4, -0.2) is 16.6 Å². The van der Waals surface area contributed by atoms with Gasteiger partial charge in [0.25, 0.3) is 0 Å². The summed E-state index contributed by atoms with van der Waals surface area (Å²) in [5.41, 5.74) is 2.29. The first kappa shape index (κ1) is 15.9. The van der Waals surface area contributed by atoms with Crippen LogP contribution in [0.15, 0.2) is 46.9 Å². The summed E-state index contributed by atoms with van der Waals surface area (Å²) in [5, 5.41) is 6.91. The van der Waals surface area contributed by atoms with Crippen molar-refractivity contribution in [1.82, 2.24) is 10.3 Å². The van der Waals surface area contributed by atoms with E-state index in [1.165, 1.54) is 5.56 Å². The van der Waals surface area contributed by atoms with E-state index in [9.17, 15) is 0 Å². The van der Waals surface area contributed by atoms with E-state index in [2.05, 4.69) is 55.8 Å². The van der Waals surface area contributed by atoms with Gasteiger partial charge in [-0.05, 0) is 65.6 Å². The van der Waals surface area contributed by atoms with Crippen LogP contribution in [0.1, 0.15) is 17.7 Å². The van der Waals surface area contributed by atoms with Crippen molar-refractivity contribution in [2.45, 2.75) is 19.8 Å². The summed E-state index contributed by atoms with van der Waals surface area (Å²) in [7, 11) is 0. The highest BCUT2D eigenvalue weighted by molar-refractivity contribution is 9.10. The van der Waals surface area contributed by atoms with Crippen LogP contribution in [0, 0.1) is 6.92 Å². The standard InChI is InChI=1S/C16H18BrN3S/c1-12-14(17)9-10-15(19-12)20-16(21)18-11-5-8-13-6-3-2-4-7-13/h2-4,6-7,9-10H,5,8,11H2,1H3,(H2,18,19,20,21). The van der Waals surface area contributed by atoms with E-state index in [1.54, 1.807) is 0 Å². The Balaban J connectivity index is 1.71. The number of aryl methyl sites for hydroxylation is 2. The molecule has 0 fully saturated rings. The molecule has 110 valence electrons. The second-order valence-electron chi connectivity index (χ2n) is 4.73. The molecule has 2 rings (SSSR count). The van der Waals surface area contributed by atoms with Crippen LogP contribution < -0.4 is 10.6 Å². The van der Waals surface area contributed by atoms with Crippen molar-refractivity contribution in [3.05, 3.63) is 58.2 Å². The molecule has 2 aromatic rings. The van der Waals surface area contributed by atoms with Crippen molar-refractivity contribution in [3.63, 3.8) is 0 Å². The van der Waals surface area contributed by atoms with Crippen LogP contribution in [0.2, 0.25) is 0 Å². The van der Waals surface area contributed by atoms with Crippen LogP contribution in [0.4, 0.5) is 5.82 Å². The predicted molar refractivity (Wildman–Crippen MR) is 95.7 cm³/mol. The summed E-state index contributed by atoms with van der Waals surface area (Å²) < 4.78 is 0.995. The molecule has 0 spiro atoms. The number of aromatic nitrogens is 1. The Bertz CT molecular complexity index is 602. The molecule has 0 amide bonds. The maximum absolute atomic E-state index is 5.27. The molecule has 0 saturated carbocycles. The third kappa shape index (κ3) is 5.44. The molecular weight excluding hydrogens is 346 g/mol. The number of thiocarbonyl (C=S) groups is 1. The van der Waals surface area contributed by atoms with Gasteiger partial charge in [-0.3, -0.25) is 0 Å². The Hall–Kier alpha value is -1.46. The highest BCUT2D eigenvalue weighted by atomic mass is 79.9. The van der Waals surface area contributed by atoms with Crippen molar-refractivity contribution >= 4 is 39.1 Å². The summed E-state index contributed by atoms with van der Waals surface area (Å²) in [5.74, 6) is 0.760. The second kappa shape index (κ2) is 8.10. The van der Waals surface area contributed by atoms with Gasteiger partial charge in [0.15, 0.2) is 5.11 Å². The zero-order valence-corrected chi connectivity index (χ0v) is 14.3. The van der Waals surface area contributed by atoms with Gasteiger partial charge in [0.1, 0.15) is 5.82 Å². The highest BCUT2D eigenvalue weighted by Gasteiger charge is 2.01. The minimum absolute atomic E-state index is 0.609. The van der Waals surface area contributed by atoms with Gasteiger partial charge in [0.2, 0.25) is 0 Å². The number of halogens is 1. The average Bonchev–Trinajstić information content (AvgIpc) is 2.49. The van der Waals surface area contributed by atoms with Crippen molar-refractivity contribution in [2.24, 2.45) is 0 Å². The number of anilines is 1. The van der Waals surface area contributed by atoms with Gasteiger partial charge >= 0.3 is 0 Å². The minimum atomic E-state index is 0.609. The lowest BCUT2D eigenvalue weighted by Gasteiger charge is -2.10. The fraction of sp³-hybridized carbons (Fsp3) is 0.250. The Labute approximate surface area is 139 Å². The molecule has 0 aliphatic heterocycles. The third-order valence-corrected chi connectivity index (χ3v) is 4.12. The van der Waals surface area contributed by atoms with Gasteiger partial charge in [-0.2, -0.15) is 0 Å². The number of rotatable bonds is 5. The summed E-state index contributed by atoms with van der Waals surface area (Å²) >= 11 is 8.70. The Morgan fingerprint density at radius 1 is 1.19 bits per heavy atom. The van der Waals surface area contributed by atoms with Gasteiger partial charge in [-0.1, -0.05) is 30.3 Å². The first-order valence-corrected chi connectivity index (χ1v) is 8.07. The molecule has 1 heterocycles. The number of nitrogens with one attached hydrogen (secondary N) is 2. The molecule has 1 aromatic heterocycles.